The van der Waals surface area contributed by atoms with Crippen molar-refractivity contribution in [2.75, 3.05) is 24.6 Å². The van der Waals surface area contributed by atoms with E-state index in [9.17, 15) is 13.5 Å². The average Bonchev–Trinajstić information content (AvgIpc) is 2.46. The number of rotatable bonds is 5. The van der Waals surface area contributed by atoms with E-state index >= 15 is 0 Å². The van der Waals surface area contributed by atoms with Gasteiger partial charge in [-0.05, 0) is 44.7 Å². The lowest BCUT2D eigenvalue weighted by Gasteiger charge is -2.34. The molecule has 118 valence electrons. The number of sulfonamides is 1. The Balaban J connectivity index is 2.26. The first-order chi connectivity index (χ1) is 9.94. The summed E-state index contributed by atoms with van der Waals surface area (Å²) in [6, 6.07) is 6.98. The van der Waals surface area contributed by atoms with Gasteiger partial charge >= 0.3 is 0 Å². The van der Waals surface area contributed by atoms with Crippen LogP contribution in [0.1, 0.15) is 26.7 Å². The minimum atomic E-state index is -3.50. The molecule has 2 N–H and O–H groups in total. The second-order valence-electron chi connectivity index (χ2n) is 5.86. The Bertz CT molecular complexity index is 564. The molecule has 1 saturated heterocycles. The average molecular weight is 312 g/mol. The third kappa shape index (κ3) is 3.96. The van der Waals surface area contributed by atoms with Crippen LogP contribution in [0.25, 0.3) is 0 Å². The minimum absolute atomic E-state index is 0.136. The summed E-state index contributed by atoms with van der Waals surface area (Å²) in [5.41, 5.74) is 0.752. The molecule has 0 saturated carbocycles. The first kappa shape index (κ1) is 16.3. The molecule has 0 atom stereocenters. The van der Waals surface area contributed by atoms with E-state index < -0.39 is 10.0 Å². The molecule has 1 aromatic rings. The number of benzene rings is 1. The van der Waals surface area contributed by atoms with Crippen LogP contribution in [0.5, 0.6) is 0 Å². The lowest BCUT2D eigenvalue weighted by molar-refractivity contribution is 0.203. The Hall–Kier alpha value is -1.11. The molecule has 1 aliphatic heterocycles. The highest BCUT2D eigenvalue weighted by atomic mass is 32.2. The smallest absolute Gasteiger partial charge is 0.242 e. The van der Waals surface area contributed by atoms with Crippen molar-refractivity contribution in [3.63, 3.8) is 0 Å². The molecular weight excluding hydrogens is 288 g/mol. The van der Waals surface area contributed by atoms with Crippen molar-refractivity contribution in [1.82, 2.24) is 4.72 Å². The topological polar surface area (TPSA) is 69.6 Å². The van der Waals surface area contributed by atoms with Crippen LogP contribution in [0.15, 0.2) is 29.2 Å². The number of aliphatic hydroxyl groups excluding tert-OH is 1. The summed E-state index contributed by atoms with van der Waals surface area (Å²) in [7, 11) is -3.50. The third-order valence-corrected chi connectivity index (χ3v) is 5.46. The van der Waals surface area contributed by atoms with Gasteiger partial charge in [0.15, 0.2) is 0 Å². The molecule has 0 radical (unpaired) electrons. The van der Waals surface area contributed by atoms with Crippen molar-refractivity contribution in [2.24, 2.45) is 5.92 Å². The number of anilines is 1. The van der Waals surface area contributed by atoms with Gasteiger partial charge in [-0.2, -0.15) is 0 Å². The van der Waals surface area contributed by atoms with Crippen molar-refractivity contribution < 1.29 is 13.5 Å². The zero-order chi connectivity index (χ0) is 15.5. The van der Waals surface area contributed by atoms with Crippen LogP contribution in [-0.2, 0) is 10.0 Å². The lowest BCUT2D eigenvalue weighted by Crippen LogP contribution is -2.37. The second-order valence-corrected chi connectivity index (χ2v) is 7.54. The fraction of sp³-hybridized carbons (Fsp3) is 0.600. The third-order valence-electron chi connectivity index (χ3n) is 3.76. The molecule has 5 nitrogen and oxygen atoms in total. The van der Waals surface area contributed by atoms with E-state index in [4.69, 9.17) is 0 Å². The first-order valence-electron chi connectivity index (χ1n) is 7.41. The normalized spacial score (nSPS) is 17.4. The Labute approximate surface area is 127 Å². The second kappa shape index (κ2) is 6.77. The Morgan fingerprint density at radius 1 is 1.29 bits per heavy atom. The predicted octanol–water partition coefficient (Wildman–Crippen LogP) is 1.58. The largest absolute Gasteiger partial charge is 0.396 e. The summed E-state index contributed by atoms with van der Waals surface area (Å²) >= 11 is 0. The number of hydrogen-bond donors (Lipinski definition) is 2. The molecular formula is C15H24N2O3S. The van der Waals surface area contributed by atoms with Crippen molar-refractivity contribution in [3.8, 4) is 0 Å². The molecule has 1 aliphatic rings. The van der Waals surface area contributed by atoms with Crippen LogP contribution in [0.3, 0.4) is 0 Å². The highest BCUT2D eigenvalue weighted by Crippen LogP contribution is 2.29. The van der Waals surface area contributed by atoms with Gasteiger partial charge in [0.05, 0.1) is 5.69 Å². The van der Waals surface area contributed by atoms with Crippen LogP contribution in [0, 0.1) is 5.92 Å². The number of piperidine rings is 1. The number of nitrogens with zero attached hydrogens (tertiary/aromatic N) is 1. The molecule has 0 unspecified atom stereocenters. The molecule has 0 aliphatic carbocycles. The highest BCUT2D eigenvalue weighted by Gasteiger charge is 2.25. The molecule has 0 amide bonds. The molecule has 0 aromatic heterocycles. The van der Waals surface area contributed by atoms with Gasteiger partial charge in [0.2, 0.25) is 10.0 Å². The van der Waals surface area contributed by atoms with Crippen molar-refractivity contribution in [2.45, 2.75) is 37.6 Å². The number of nitrogens with one attached hydrogen (secondary N) is 1. The standard InChI is InChI=1S/C15H24N2O3S/c1-12(2)16-21(19,20)15-6-4-3-5-14(15)17-9-7-13(11-18)8-10-17/h3-6,12-13,16,18H,7-11H2,1-2H3. The summed E-state index contributed by atoms with van der Waals surface area (Å²) in [5.74, 6) is 0.332. The quantitative estimate of drug-likeness (QED) is 0.866. The van der Waals surface area contributed by atoms with E-state index in [2.05, 4.69) is 9.62 Å². The van der Waals surface area contributed by atoms with Crippen molar-refractivity contribution in [1.29, 1.82) is 0 Å². The van der Waals surface area contributed by atoms with Gasteiger partial charge in [-0.25, -0.2) is 13.1 Å². The summed E-state index contributed by atoms with van der Waals surface area (Å²) in [4.78, 5) is 2.43. The lowest BCUT2D eigenvalue weighted by atomic mass is 9.97. The van der Waals surface area contributed by atoms with E-state index in [1.807, 2.05) is 26.0 Å². The monoisotopic (exact) mass is 312 g/mol. The highest BCUT2D eigenvalue weighted by molar-refractivity contribution is 7.89. The van der Waals surface area contributed by atoms with Gasteiger partial charge < -0.3 is 10.0 Å². The molecule has 6 heteroatoms. The van der Waals surface area contributed by atoms with Gasteiger partial charge in [0.1, 0.15) is 4.90 Å². The van der Waals surface area contributed by atoms with Crippen molar-refractivity contribution >= 4 is 15.7 Å². The maximum Gasteiger partial charge on any atom is 0.242 e. The van der Waals surface area contributed by atoms with Crippen LogP contribution in [-0.4, -0.2) is 39.3 Å². The van der Waals surface area contributed by atoms with Gasteiger partial charge in [0, 0.05) is 25.7 Å². The maximum absolute atomic E-state index is 12.4. The van der Waals surface area contributed by atoms with Crippen molar-refractivity contribution in [3.05, 3.63) is 24.3 Å². The van der Waals surface area contributed by atoms with E-state index in [-0.39, 0.29) is 12.6 Å². The predicted molar refractivity (Wildman–Crippen MR) is 83.9 cm³/mol. The van der Waals surface area contributed by atoms with Gasteiger partial charge in [-0.15, -0.1) is 0 Å². The summed E-state index contributed by atoms with van der Waals surface area (Å²) in [6.07, 6.45) is 1.78. The summed E-state index contributed by atoms with van der Waals surface area (Å²) < 4.78 is 27.5. The molecule has 1 aromatic carbocycles. The van der Waals surface area contributed by atoms with E-state index in [1.165, 1.54) is 0 Å². The van der Waals surface area contributed by atoms with Crippen LogP contribution < -0.4 is 9.62 Å². The van der Waals surface area contributed by atoms with Gasteiger partial charge in [0.25, 0.3) is 0 Å². The number of hydrogen-bond acceptors (Lipinski definition) is 4. The maximum atomic E-state index is 12.4. The fourth-order valence-electron chi connectivity index (χ4n) is 2.68. The van der Waals surface area contributed by atoms with E-state index in [1.54, 1.807) is 12.1 Å². The Kier molecular flexibility index (Phi) is 5.24. The molecule has 21 heavy (non-hydrogen) atoms. The van der Waals surface area contributed by atoms with Crippen LogP contribution in [0.4, 0.5) is 5.69 Å². The van der Waals surface area contributed by atoms with Gasteiger partial charge in [-0.3, -0.25) is 0 Å². The SMILES string of the molecule is CC(C)NS(=O)(=O)c1ccccc1N1CCC(CO)CC1. The molecule has 1 heterocycles. The summed E-state index contributed by atoms with van der Waals surface area (Å²) in [6.45, 7) is 5.39. The Morgan fingerprint density at radius 2 is 1.90 bits per heavy atom. The van der Waals surface area contributed by atoms with E-state index in [0.717, 1.165) is 31.6 Å². The zero-order valence-corrected chi connectivity index (χ0v) is 13.4. The molecule has 0 spiro atoms. The van der Waals surface area contributed by atoms with Gasteiger partial charge in [-0.1, -0.05) is 12.1 Å². The minimum Gasteiger partial charge on any atom is -0.396 e. The van der Waals surface area contributed by atoms with Crippen LogP contribution >= 0.6 is 0 Å². The number of para-hydroxylation sites is 1. The first-order valence-corrected chi connectivity index (χ1v) is 8.89. The zero-order valence-electron chi connectivity index (χ0n) is 12.6. The van der Waals surface area contributed by atoms with Crippen LogP contribution in [0.2, 0.25) is 0 Å². The summed E-state index contributed by atoms with van der Waals surface area (Å²) in [5, 5.41) is 9.21. The number of aliphatic hydroxyl groups is 1. The fourth-order valence-corrected chi connectivity index (χ4v) is 4.15. The molecule has 0 bridgehead atoms. The molecule has 1 fully saturated rings. The van der Waals surface area contributed by atoms with E-state index in [0.29, 0.717) is 10.8 Å². The molecule has 2 rings (SSSR count). The Morgan fingerprint density at radius 3 is 2.48 bits per heavy atom.